The van der Waals surface area contributed by atoms with E-state index in [9.17, 15) is 4.39 Å². The maximum atomic E-state index is 14.0. The molecule has 2 rings (SSSR count). The lowest BCUT2D eigenvalue weighted by Crippen LogP contribution is -2.24. The summed E-state index contributed by atoms with van der Waals surface area (Å²) in [7, 11) is 0. The highest BCUT2D eigenvalue weighted by Crippen LogP contribution is 2.23. The van der Waals surface area contributed by atoms with Crippen molar-refractivity contribution in [3.63, 3.8) is 0 Å². The zero-order valence-electron chi connectivity index (χ0n) is 10.7. The minimum atomic E-state index is -0.191. The number of halogens is 2. The van der Waals surface area contributed by atoms with Crippen LogP contribution in [0, 0.1) is 5.82 Å². The molecule has 0 aliphatic rings. The molecule has 2 nitrogen and oxygen atoms in total. The summed E-state index contributed by atoms with van der Waals surface area (Å²) in [6.45, 7) is 2.81. The van der Waals surface area contributed by atoms with Crippen LogP contribution in [0.15, 0.2) is 47.2 Å². The van der Waals surface area contributed by atoms with Gasteiger partial charge in [0.15, 0.2) is 0 Å². The number of benzene rings is 1. The summed E-state index contributed by atoms with van der Waals surface area (Å²) in [6, 6.07) is 9.06. The smallest absolute Gasteiger partial charge is 0.129 e. The normalized spacial score (nSPS) is 12.4. The van der Waals surface area contributed by atoms with Crippen LogP contribution in [0.5, 0.6) is 0 Å². The molecule has 1 aromatic heterocycles. The van der Waals surface area contributed by atoms with Gasteiger partial charge in [-0.1, -0.05) is 35.0 Å². The number of nitrogens with zero attached hydrogens (tertiary/aromatic N) is 1. The van der Waals surface area contributed by atoms with Gasteiger partial charge in [0.25, 0.3) is 0 Å². The Balaban J connectivity index is 2.24. The van der Waals surface area contributed by atoms with Crippen molar-refractivity contribution in [3.8, 4) is 0 Å². The standard InChI is InChI=1S/C15H16BrFN2/c1-2-19-15(8-11-4-3-7-18-10-11)13-6-5-12(16)9-14(13)17/h3-7,9-10,15,19H,2,8H2,1H3. The molecule has 0 aliphatic carbocycles. The van der Waals surface area contributed by atoms with E-state index < -0.39 is 0 Å². The van der Waals surface area contributed by atoms with Gasteiger partial charge in [0.2, 0.25) is 0 Å². The number of pyridine rings is 1. The molecule has 0 saturated heterocycles. The first-order valence-corrected chi connectivity index (χ1v) is 7.07. The molecule has 0 radical (unpaired) electrons. The Labute approximate surface area is 121 Å². The minimum absolute atomic E-state index is 0.0395. The van der Waals surface area contributed by atoms with Gasteiger partial charge in [-0.05, 0) is 36.7 Å². The van der Waals surface area contributed by atoms with Crippen LogP contribution >= 0.6 is 15.9 Å². The number of hydrogen-bond donors (Lipinski definition) is 1. The number of nitrogens with one attached hydrogen (secondary N) is 1. The van der Waals surface area contributed by atoms with Crippen LogP contribution in [0.2, 0.25) is 0 Å². The van der Waals surface area contributed by atoms with Crippen LogP contribution in [0.1, 0.15) is 24.1 Å². The van der Waals surface area contributed by atoms with Crippen molar-refractivity contribution < 1.29 is 4.39 Å². The van der Waals surface area contributed by atoms with Gasteiger partial charge in [-0.25, -0.2) is 4.39 Å². The fourth-order valence-electron chi connectivity index (χ4n) is 2.08. The molecule has 0 spiro atoms. The van der Waals surface area contributed by atoms with Crippen molar-refractivity contribution in [1.29, 1.82) is 0 Å². The lowest BCUT2D eigenvalue weighted by atomic mass is 9.99. The summed E-state index contributed by atoms with van der Waals surface area (Å²) in [5.74, 6) is -0.191. The fraction of sp³-hybridized carbons (Fsp3) is 0.267. The van der Waals surface area contributed by atoms with Crippen molar-refractivity contribution >= 4 is 15.9 Å². The fourth-order valence-corrected chi connectivity index (χ4v) is 2.41. The minimum Gasteiger partial charge on any atom is -0.310 e. The molecule has 0 fully saturated rings. The summed E-state index contributed by atoms with van der Waals surface area (Å²) < 4.78 is 14.8. The van der Waals surface area contributed by atoms with Crippen LogP contribution < -0.4 is 5.32 Å². The number of hydrogen-bond acceptors (Lipinski definition) is 2. The van der Waals surface area contributed by atoms with Crippen LogP contribution in [-0.4, -0.2) is 11.5 Å². The topological polar surface area (TPSA) is 24.9 Å². The monoisotopic (exact) mass is 322 g/mol. The Bertz CT molecular complexity index is 531. The average Bonchev–Trinajstić information content (AvgIpc) is 2.39. The van der Waals surface area contributed by atoms with E-state index in [0.29, 0.717) is 5.56 Å². The number of aromatic nitrogens is 1. The quantitative estimate of drug-likeness (QED) is 0.903. The molecule has 1 N–H and O–H groups in total. The Hall–Kier alpha value is -1.26. The van der Waals surface area contributed by atoms with Crippen molar-refractivity contribution in [1.82, 2.24) is 10.3 Å². The van der Waals surface area contributed by atoms with Gasteiger partial charge in [0.1, 0.15) is 5.82 Å². The average molecular weight is 323 g/mol. The van der Waals surface area contributed by atoms with Crippen LogP contribution in [-0.2, 0) is 6.42 Å². The van der Waals surface area contributed by atoms with Crippen LogP contribution in [0.3, 0.4) is 0 Å². The molecule has 19 heavy (non-hydrogen) atoms. The molecule has 1 atom stereocenters. The third-order valence-electron chi connectivity index (χ3n) is 2.95. The predicted octanol–water partition coefficient (Wildman–Crippen LogP) is 3.88. The number of likely N-dealkylation sites (N-methyl/N-ethyl adjacent to an activating group) is 1. The lowest BCUT2D eigenvalue weighted by molar-refractivity contribution is 0.509. The second-order valence-corrected chi connectivity index (χ2v) is 5.26. The predicted molar refractivity (Wildman–Crippen MR) is 78.5 cm³/mol. The molecule has 1 heterocycles. The first kappa shape index (κ1) is 14.2. The van der Waals surface area contributed by atoms with E-state index in [1.807, 2.05) is 37.4 Å². The maximum Gasteiger partial charge on any atom is 0.129 e. The molecular formula is C15H16BrFN2. The molecule has 0 bridgehead atoms. The highest BCUT2D eigenvalue weighted by atomic mass is 79.9. The largest absolute Gasteiger partial charge is 0.310 e. The van der Waals surface area contributed by atoms with Crippen LogP contribution in [0.25, 0.3) is 0 Å². The molecule has 1 aromatic carbocycles. The van der Waals surface area contributed by atoms with E-state index >= 15 is 0 Å². The Kier molecular flexibility index (Phi) is 5.05. The van der Waals surface area contributed by atoms with Gasteiger partial charge in [-0.2, -0.15) is 0 Å². The number of rotatable bonds is 5. The second-order valence-electron chi connectivity index (χ2n) is 4.34. The second kappa shape index (κ2) is 6.78. The van der Waals surface area contributed by atoms with Gasteiger partial charge < -0.3 is 5.32 Å². The Morgan fingerprint density at radius 2 is 2.21 bits per heavy atom. The summed E-state index contributed by atoms with van der Waals surface area (Å²) >= 11 is 3.28. The third-order valence-corrected chi connectivity index (χ3v) is 3.44. The molecule has 2 aromatic rings. The zero-order valence-corrected chi connectivity index (χ0v) is 12.3. The third kappa shape index (κ3) is 3.85. The highest BCUT2D eigenvalue weighted by Gasteiger charge is 2.15. The first-order valence-electron chi connectivity index (χ1n) is 6.28. The molecule has 0 amide bonds. The summed E-state index contributed by atoms with van der Waals surface area (Å²) in [4.78, 5) is 4.10. The van der Waals surface area contributed by atoms with Gasteiger partial charge in [-0.3, -0.25) is 4.98 Å². The van der Waals surface area contributed by atoms with E-state index in [2.05, 4.69) is 26.2 Å². The van der Waals surface area contributed by atoms with E-state index in [4.69, 9.17) is 0 Å². The summed E-state index contributed by atoms with van der Waals surface area (Å²) in [6.07, 6.45) is 4.29. The maximum absolute atomic E-state index is 14.0. The van der Waals surface area contributed by atoms with Crippen molar-refractivity contribution in [3.05, 3.63) is 64.1 Å². The Morgan fingerprint density at radius 3 is 2.84 bits per heavy atom. The lowest BCUT2D eigenvalue weighted by Gasteiger charge is -2.19. The van der Waals surface area contributed by atoms with Crippen molar-refractivity contribution in [2.45, 2.75) is 19.4 Å². The highest BCUT2D eigenvalue weighted by molar-refractivity contribution is 9.10. The van der Waals surface area contributed by atoms with Crippen molar-refractivity contribution in [2.75, 3.05) is 6.54 Å². The zero-order chi connectivity index (χ0) is 13.7. The van der Waals surface area contributed by atoms with Gasteiger partial charge in [0, 0.05) is 28.5 Å². The molecule has 100 valence electrons. The molecule has 0 aliphatic heterocycles. The molecule has 4 heteroatoms. The molecular weight excluding hydrogens is 307 g/mol. The van der Waals surface area contributed by atoms with E-state index in [1.54, 1.807) is 6.20 Å². The van der Waals surface area contributed by atoms with Gasteiger partial charge in [-0.15, -0.1) is 0 Å². The van der Waals surface area contributed by atoms with Gasteiger partial charge in [0.05, 0.1) is 0 Å². The SMILES string of the molecule is CCNC(Cc1cccnc1)c1ccc(Br)cc1F. The summed E-state index contributed by atoms with van der Waals surface area (Å²) in [5.41, 5.74) is 1.78. The van der Waals surface area contributed by atoms with E-state index in [0.717, 1.165) is 23.0 Å². The molecule has 0 saturated carbocycles. The van der Waals surface area contributed by atoms with Crippen LogP contribution in [0.4, 0.5) is 4.39 Å². The first-order chi connectivity index (χ1) is 9.20. The van der Waals surface area contributed by atoms with Gasteiger partial charge >= 0.3 is 0 Å². The van der Waals surface area contributed by atoms with E-state index in [-0.39, 0.29) is 11.9 Å². The Morgan fingerprint density at radius 1 is 1.37 bits per heavy atom. The van der Waals surface area contributed by atoms with Crippen molar-refractivity contribution in [2.24, 2.45) is 0 Å². The molecule has 1 unspecified atom stereocenters. The van der Waals surface area contributed by atoms with E-state index in [1.165, 1.54) is 6.07 Å². The summed E-state index contributed by atoms with van der Waals surface area (Å²) in [5, 5.41) is 3.32.